The Hall–Kier alpha value is -6.64. The summed E-state index contributed by atoms with van der Waals surface area (Å²) in [6.07, 6.45) is 0. The number of hydrogen-bond acceptors (Lipinski definition) is 1. The molecule has 8 aromatic carbocycles. The molecule has 2 heterocycles. The number of rotatable bonds is 6. The largest absolute Gasteiger partial charge is 0.310 e. The molecule has 2 heteroatoms. The highest BCUT2D eigenvalue weighted by molar-refractivity contribution is 6.23. The van der Waals surface area contributed by atoms with Crippen molar-refractivity contribution in [2.24, 2.45) is 0 Å². The van der Waals surface area contributed by atoms with Crippen LogP contribution >= 0.6 is 0 Å². The lowest BCUT2D eigenvalue weighted by Crippen LogP contribution is -2.10. The van der Waals surface area contributed by atoms with E-state index in [1.165, 1.54) is 71.5 Å². The summed E-state index contributed by atoms with van der Waals surface area (Å²) in [6.45, 7) is 0. The van der Waals surface area contributed by atoms with E-state index in [1.54, 1.807) is 0 Å². The molecule has 2 aromatic heterocycles. The predicted octanol–water partition coefficient (Wildman–Crippen LogP) is 13.3. The summed E-state index contributed by atoms with van der Waals surface area (Å²) in [5, 5.41) is 5.16. The molecule has 10 rings (SSSR count). The number of anilines is 3. The van der Waals surface area contributed by atoms with E-state index in [0.29, 0.717) is 0 Å². The molecule has 0 aliphatic heterocycles. The minimum absolute atomic E-state index is 1.11. The van der Waals surface area contributed by atoms with Crippen LogP contribution in [0.3, 0.4) is 0 Å². The Labute approximate surface area is 291 Å². The van der Waals surface area contributed by atoms with Crippen LogP contribution in [0.25, 0.3) is 71.5 Å². The Morgan fingerprint density at radius 1 is 0.280 bits per heavy atom. The van der Waals surface area contributed by atoms with E-state index in [1.807, 2.05) is 0 Å². The summed E-state index contributed by atoms with van der Waals surface area (Å²) < 4.78 is 2.46. The molecule has 0 radical (unpaired) electrons. The van der Waals surface area contributed by atoms with E-state index in [0.717, 1.165) is 17.1 Å². The highest BCUT2D eigenvalue weighted by atomic mass is 15.1. The molecule has 0 unspecified atom stereocenters. The van der Waals surface area contributed by atoms with Crippen LogP contribution in [-0.4, -0.2) is 4.40 Å². The molecule has 0 fully saturated rings. The van der Waals surface area contributed by atoms with Gasteiger partial charge in [-0.25, -0.2) is 0 Å². The molecule has 2 nitrogen and oxygen atoms in total. The van der Waals surface area contributed by atoms with Gasteiger partial charge in [-0.2, -0.15) is 0 Å². The zero-order chi connectivity index (χ0) is 33.0. The SMILES string of the molecule is c1ccc(-c2ccc(N(c3ccc(-c4cccc(-c5ccccc5)c4)cc3)c3ccc4c5cccc6c7ccccc7n(c4c3)c65)cc2)cc1. The van der Waals surface area contributed by atoms with Gasteiger partial charge in [-0.05, 0) is 81.9 Å². The van der Waals surface area contributed by atoms with Crippen LogP contribution in [0.4, 0.5) is 17.1 Å². The molecule has 0 saturated carbocycles. The van der Waals surface area contributed by atoms with Gasteiger partial charge < -0.3 is 9.30 Å². The second kappa shape index (κ2) is 11.5. The topological polar surface area (TPSA) is 7.65 Å². The van der Waals surface area contributed by atoms with E-state index < -0.39 is 0 Å². The van der Waals surface area contributed by atoms with Crippen LogP contribution < -0.4 is 4.90 Å². The summed E-state index contributed by atoms with van der Waals surface area (Å²) in [7, 11) is 0. The summed E-state index contributed by atoms with van der Waals surface area (Å²) in [5.41, 5.74) is 14.4. The third kappa shape index (κ3) is 4.57. The molecule has 0 saturated heterocycles. The van der Waals surface area contributed by atoms with E-state index in [-0.39, 0.29) is 0 Å². The number of nitrogens with zero attached hydrogens (tertiary/aromatic N) is 2. The fourth-order valence-corrected chi connectivity index (χ4v) is 7.75. The van der Waals surface area contributed by atoms with E-state index >= 15 is 0 Å². The molecular formula is C48H32N2. The molecule has 10 aromatic rings. The molecule has 0 spiro atoms. The predicted molar refractivity (Wildman–Crippen MR) is 212 cm³/mol. The van der Waals surface area contributed by atoms with Gasteiger partial charge in [0.2, 0.25) is 0 Å². The maximum absolute atomic E-state index is 2.46. The Morgan fingerprint density at radius 3 is 1.36 bits per heavy atom. The molecular weight excluding hydrogens is 605 g/mol. The average Bonchev–Trinajstić information content (AvgIpc) is 3.72. The summed E-state index contributed by atoms with van der Waals surface area (Å²) in [6, 6.07) is 70.3. The van der Waals surface area contributed by atoms with Gasteiger partial charge >= 0.3 is 0 Å². The van der Waals surface area contributed by atoms with Crippen molar-refractivity contribution < 1.29 is 0 Å². The van der Waals surface area contributed by atoms with Gasteiger partial charge in [-0.1, -0.05) is 146 Å². The lowest BCUT2D eigenvalue weighted by Gasteiger charge is -2.26. The molecule has 0 N–H and O–H groups in total. The molecule has 50 heavy (non-hydrogen) atoms. The van der Waals surface area contributed by atoms with Gasteiger partial charge in [0.25, 0.3) is 0 Å². The molecule has 0 aliphatic carbocycles. The van der Waals surface area contributed by atoms with Gasteiger partial charge in [0, 0.05) is 38.6 Å². The zero-order valence-corrected chi connectivity index (χ0v) is 27.4. The number of hydrogen-bond donors (Lipinski definition) is 0. The highest BCUT2D eigenvalue weighted by Gasteiger charge is 2.20. The quantitative estimate of drug-likeness (QED) is 0.176. The van der Waals surface area contributed by atoms with Gasteiger partial charge in [0.05, 0.1) is 16.6 Å². The van der Waals surface area contributed by atoms with E-state index in [2.05, 4.69) is 203 Å². The minimum atomic E-state index is 1.11. The van der Waals surface area contributed by atoms with Crippen LogP contribution in [0, 0.1) is 0 Å². The van der Waals surface area contributed by atoms with Gasteiger partial charge in [0.1, 0.15) is 0 Å². The third-order valence-electron chi connectivity index (χ3n) is 10.1. The first kappa shape index (κ1) is 28.4. The van der Waals surface area contributed by atoms with Gasteiger partial charge in [-0.15, -0.1) is 0 Å². The standard InChI is InChI=1S/C48H32N2/c1-3-11-33(12-4-1)35-21-25-39(26-22-35)49(40-27-23-36(24-28-40)38-16-9-15-37(31-38)34-13-5-2-6-14-34)41-29-30-43-45-19-10-18-44-42-17-7-8-20-46(42)50(48(44)45)47(43)32-41/h1-32H. The Morgan fingerprint density at radius 2 is 0.720 bits per heavy atom. The number of benzene rings is 8. The van der Waals surface area contributed by atoms with Crippen molar-refractivity contribution in [3.8, 4) is 33.4 Å². The first-order valence-corrected chi connectivity index (χ1v) is 17.2. The lowest BCUT2D eigenvalue weighted by molar-refractivity contribution is 1.28. The third-order valence-corrected chi connectivity index (χ3v) is 10.1. The second-order valence-corrected chi connectivity index (χ2v) is 13.0. The van der Waals surface area contributed by atoms with Crippen LogP contribution in [0.15, 0.2) is 194 Å². The van der Waals surface area contributed by atoms with Crippen molar-refractivity contribution in [2.45, 2.75) is 0 Å². The number of para-hydroxylation sites is 2. The second-order valence-electron chi connectivity index (χ2n) is 13.0. The minimum Gasteiger partial charge on any atom is -0.310 e. The first-order valence-electron chi connectivity index (χ1n) is 17.2. The Kier molecular flexibility index (Phi) is 6.53. The normalized spacial score (nSPS) is 11.6. The fourth-order valence-electron chi connectivity index (χ4n) is 7.75. The molecule has 0 amide bonds. The van der Waals surface area contributed by atoms with Gasteiger partial charge in [0.15, 0.2) is 0 Å². The summed E-state index contributed by atoms with van der Waals surface area (Å²) >= 11 is 0. The van der Waals surface area contributed by atoms with Crippen molar-refractivity contribution in [1.82, 2.24) is 4.40 Å². The smallest absolute Gasteiger partial charge is 0.0620 e. The lowest BCUT2D eigenvalue weighted by atomic mass is 9.99. The first-order chi connectivity index (χ1) is 24.8. The van der Waals surface area contributed by atoms with Crippen molar-refractivity contribution in [3.63, 3.8) is 0 Å². The van der Waals surface area contributed by atoms with Crippen LogP contribution in [-0.2, 0) is 0 Å². The summed E-state index contributed by atoms with van der Waals surface area (Å²) in [4.78, 5) is 2.38. The molecule has 0 aliphatic rings. The highest BCUT2D eigenvalue weighted by Crippen LogP contribution is 2.43. The van der Waals surface area contributed by atoms with Crippen molar-refractivity contribution in [2.75, 3.05) is 4.90 Å². The number of fused-ring (bicyclic) bond motifs is 6. The summed E-state index contributed by atoms with van der Waals surface area (Å²) in [5.74, 6) is 0. The van der Waals surface area contributed by atoms with Crippen LogP contribution in [0.2, 0.25) is 0 Å². The van der Waals surface area contributed by atoms with E-state index in [9.17, 15) is 0 Å². The van der Waals surface area contributed by atoms with Gasteiger partial charge in [-0.3, -0.25) is 0 Å². The monoisotopic (exact) mass is 636 g/mol. The fraction of sp³-hybridized carbons (Fsp3) is 0. The molecule has 0 bridgehead atoms. The van der Waals surface area contributed by atoms with Crippen molar-refractivity contribution >= 4 is 55.2 Å². The molecule has 0 atom stereocenters. The Bertz CT molecular complexity index is 2780. The maximum atomic E-state index is 2.46. The zero-order valence-electron chi connectivity index (χ0n) is 27.4. The number of aromatic nitrogens is 1. The average molecular weight is 637 g/mol. The van der Waals surface area contributed by atoms with E-state index in [4.69, 9.17) is 0 Å². The maximum Gasteiger partial charge on any atom is 0.0620 e. The van der Waals surface area contributed by atoms with Crippen LogP contribution in [0.5, 0.6) is 0 Å². The van der Waals surface area contributed by atoms with Crippen LogP contribution in [0.1, 0.15) is 0 Å². The molecule has 234 valence electrons. The van der Waals surface area contributed by atoms with Crippen molar-refractivity contribution in [3.05, 3.63) is 194 Å². The Balaban J connectivity index is 1.12. The van der Waals surface area contributed by atoms with Crippen molar-refractivity contribution in [1.29, 1.82) is 0 Å².